The molecule has 1 aromatic carbocycles. The summed E-state index contributed by atoms with van der Waals surface area (Å²) in [7, 11) is 0. The number of anilines is 1. The van der Waals surface area contributed by atoms with Crippen molar-refractivity contribution in [3.63, 3.8) is 0 Å². The van der Waals surface area contributed by atoms with Gasteiger partial charge >= 0.3 is 0 Å². The molecule has 2 aliphatic rings. The highest BCUT2D eigenvalue weighted by molar-refractivity contribution is 6.33. The van der Waals surface area contributed by atoms with Crippen LogP contribution in [0.1, 0.15) is 32.1 Å². The van der Waals surface area contributed by atoms with Crippen LogP contribution in [0.5, 0.6) is 0 Å². The van der Waals surface area contributed by atoms with Gasteiger partial charge in [-0.15, -0.1) is 0 Å². The Kier molecular flexibility index (Phi) is 4.60. The van der Waals surface area contributed by atoms with Gasteiger partial charge in [-0.3, -0.25) is 9.59 Å². The average Bonchev–Trinajstić information content (AvgIpc) is 3.15. The monoisotopic (exact) mass is 335 g/mol. The number of nitrogens with one attached hydrogen (secondary N) is 1. The Morgan fingerprint density at radius 2 is 2.04 bits per heavy atom. The van der Waals surface area contributed by atoms with Gasteiger partial charge in [0.25, 0.3) is 0 Å². The van der Waals surface area contributed by atoms with Gasteiger partial charge in [0.2, 0.25) is 11.8 Å². The Bertz CT molecular complexity index is 614. The second kappa shape index (κ2) is 6.49. The summed E-state index contributed by atoms with van der Waals surface area (Å²) in [6, 6.07) is 7.21. The number of carbonyl (C=O) groups excluding carboxylic acids is 2. The zero-order chi connectivity index (χ0) is 16.4. The predicted molar refractivity (Wildman–Crippen MR) is 90.3 cm³/mol. The Balaban J connectivity index is 1.70. The molecule has 2 amide bonds. The summed E-state index contributed by atoms with van der Waals surface area (Å²) in [5, 5.41) is 3.64. The number of para-hydroxylation sites is 1. The highest BCUT2D eigenvalue weighted by Crippen LogP contribution is 2.33. The normalized spacial score (nSPS) is 23.3. The fourth-order valence-electron chi connectivity index (χ4n) is 3.58. The quantitative estimate of drug-likeness (QED) is 0.884. The maximum atomic E-state index is 12.6. The second-order valence-electron chi connectivity index (χ2n) is 6.54. The van der Waals surface area contributed by atoms with E-state index in [9.17, 15) is 9.59 Å². The molecule has 1 aliphatic heterocycles. The number of benzene rings is 1. The molecule has 124 valence electrons. The minimum atomic E-state index is -0.345. The second-order valence-corrected chi connectivity index (χ2v) is 6.94. The van der Waals surface area contributed by atoms with Crippen molar-refractivity contribution in [2.24, 2.45) is 11.7 Å². The maximum absolute atomic E-state index is 12.6. The molecule has 3 N–H and O–H groups in total. The van der Waals surface area contributed by atoms with Crippen molar-refractivity contribution >= 4 is 29.1 Å². The number of rotatable bonds is 4. The minimum absolute atomic E-state index is 0.0635. The zero-order valence-electron chi connectivity index (χ0n) is 13.1. The lowest BCUT2D eigenvalue weighted by Gasteiger charge is -2.30. The Morgan fingerprint density at radius 3 is 2.70 bits per heavy atom. The van der Waals surface area contributed by atoms with Gasteiger partial charge in [0.15, 0.2) is 0 Å². The van der Waals surface area contributed by atoms with E-state index in [4.69, 9.17) is 17.3 Å². The molecule has 5 nitrogen and oxygen atoms in total. The van der Waals surface area contributed by atoms with Gasteiger partial charge in [0.1, 0.15) is 0 Å². The van der Waals surface area contributed by atoms with Gasteiger partial charge < -0.3 is 16.0 Å². The third-order valence-electron chi connectivity index (χ3n) is 4.98. The van der Waals surface area contributed by atoms with Crippen LogP contribution in [0.3, 0.4) is 0 Å². The molecule has 0 aromatic heterocycles. The van der Waals surface area contributed by atoms with Crippen molar-refractivity contribution in [3.8, 4) is 0 Å². The van der Waals surface area contributed by atoms with Gasteiger partial charge in [0, 0.05) is 19.5 Å². The molecule has 3 rings (SSSR count). The van der Waals surface area contributed by atoms with Crippen LogP contribution in [0.25, 0.3) is 0 Å². The predicted octanol–water partition coefficient (Wildman–Crippen LogP) is 2.08. The summed E-state index contributed by atoms with van der Waals surface area (Å²) in [6.07, 6.45) is 4.24. The maximum Gasteiger partial charge on any atom is 0.227 e. The van der Waals surface area contributed by atoms with Crippen LogP contribution in [-0.4, -0.2) is 30.4 Å². The molecule has 0 radical (unpaired) electrons. The van der Waals surface area contributed by atoms with E-state index in [1.807, 2.05) is 12.1 Å². The molecule has 2 fully saturated rings. The zero-order valence-corrected chi connectivity index (χ0v) is 13.8. The fourth-order valence-corrected chi connectivity index (χ4v) is 3.82. The lowest BCUT2D eigenvalue weighted by atomic mass is 9.96. The van der Waals surface area contributed by atoms with E-state index in [2.05, 4.69) is 5.32 Å². The molecule has 1 saturated carbocycles. The summed E-state index contributed by atoms with van der Waals surface area (Å²) >= 11 is 6.17. The molecule has 1 atom stereocenters. The van der Waals surface area contributed by atoms with Crippen LogP contribution in [-0.2, 0) is 9.59 Å². The standard InChI is InChI=1S/C17H22ClN3O2/c18-13-5-1-2-6-14(13)21-10-12(9-15(21)22)16(23)20-17(11-19)7-3-4-8-17/h1-2,5-6,12H,3-4,7-11,19H2,(H,20,23). The van der Waals surface area contributed by atoms with Gasteiger partial charge in [-0.25, -0.2) is 0 Å². The van der Waals surface area contributed by atoms with Crippen LogP contribution in [0.15, 0.2) is 24.3 Å². The highest BCUT2D eigenvalue weighted by Gasteiger charge is 2.40. The first kappa shape index (κ1) is 16.3. The van der Waals surface area contributed by atoms with E-state index in [1.54, 1.807) is 17.0 Å². The number of amides is 2. The van der Waals surface area contributed by atoms with E-state index < -0.39 is 0 Å². The topological polar surface area (TPSA) is 75.4 Å². The van der Waals surface area contributed by atoms with Crippen LogP contribution in [0, 0.1) is 5.92 Å². The molecule has 23 heavy (non-hydrogen) atoms. The smallest absolute Gasteiger partial charge is 0.227 e. The van der Waals surface area contributed by atoms with Crippen LogP contribution in [0.2, 0.25) is 5.02 Å². The van der Waals surface area contributed by atoms with E-state index >= 15 is 0 Å². The minimum Gasteiger partial charge on any atom is -0.349 e. The van der Waals surface area contributed by atoms with Crippen molar-refractivity contribution < 1.29 is 9.59 Å². The first-order valence-corrected chi connectivity index (χ1v) is 8.49. The Morgan fingerprint density at radius 1 is 1.35 bits per heavy atom. The first-order chi connectivity index (χ1) is 11.0. The van der Waals surface area contributed by atoms with E-state index in [-0.39, 0.29) is 29.7 Å². The summed E-state index contributed by atoms with van der Waals surface area (Å²) in [5.41, 5.74) is 6.26. The molecular weight excluding hydrogens is 314 g/mol. The molecule has 1 heterocycles. The summed E-state index contributed by atoms with van der Waals surface area (Å²) < 4.78 is 0. The molecule has 0 spiro atoms. The van der Waals surface area contributed by atoms with Crippen molar-refractivity contribution in [1.82, 2.24) is 5.32 Å². The van der Waals surface area contributed by atoms with E-state index in [1.165, 1.54) is 0 Å². The Labute approximate surface area is 141 Å². The van der Waals surface area contributed by atoms with Crippen molar-refractivity contribution in [3.05, 3.63) is 29.3 Å². The molecule has 1 aliphatic carbocycles. The number of hydrogen-bond donors (Lipinski definition) is 2. The third kappa shape index (κ3) is 3.21. The Hall–Kier alpha value is -1.59. The van der Waals surface area contributed by atoms with Crippen LogP contribution < -0.4 is 16.0 Å². The van der Waals surface area contributed by atoms with Gasteiger partial charge in [0.05, 0.1) is 22.2 Å². The lowest BCUT2D eigenvalue weighted by molar-refractivity contribution is -0.127. The SMILES string of the molecule is NCC1(NC(=O)C2CC(=O)N(c3ccccc3Cl)C2)CCCC1. The number of hydrogen-bond acceptors (Lipinski definition) is 3. The van der Waals surface area contributed by atoms with Gasteiger partial charge in [-0.2, -0.15) is 0 Å². The van der Waals surface area contributed by atoms with E-state index in [0.29, 0.717) is 23.8 Å². The summed E-state index contributed by atoms with van der Waals surface area (Å²) in [6.45, 7) is 0.822. The van der Waals surface area contributed by atoms with Crippen molar-refractivity contribution in [2.45, 2.75) is 37.6 Å². The highest BCUT2D eigenvalue weighted by atomic mass is 35.5. The summed E-state index contributed by atoms with van der Waals surface area (Å²) in [4.78, 5) is 26.5. The van der Waals surface area contributed by atoms with Gasteiger partial charge in [-0.05, 0) is 25.0 Å². The number of halogens is 1. The van der Waals surface area contributed by atoms with Gasteiger partial charge in [-0.1, -0.05) is 36.6 Å². The van der Waals surface area contributed by atoms with Crippen LogP contribution >= 0.6 is 11.6 Å². The fraction of sp³-hybridized carbons (Fsp3) is 0.529. The average molecular weight is 336 g/mol. The molecule has 1 unspecified atom stereocenters. The summed E-state index contributed by atoms with van der Waals surface area (Å²) in [5.74, 6) is -0.477. The molecule has 1 aromatic rings. The number of carbonyl (C=O) groups is 2. The molecule has 0 bridgehead atoms. The van der Waals surface area contributed by atoms with Crippen molar-refractivity contribution in [2.75, 3.05) is 18.0 Å². The molecular formula is C17H22ClN3O2. The van der Waals surface area contributed by atoms with E-state index in [0.717, 1.165) is 25.7 Å². The number of nitrogens with two attached hydrogens (primary N) is 1. The van der Waals surface area contributed by atoms with Crippen molar-refractivity contribution in [1.29, 1.82) is 0 Å². The third-order valence-corrected chi connectivity index (χ3v) is 5.30. The lowest BCUT2D eigenvalue weighted by Crippen LogP contribution is -2.53. The first-order valence-electron chi connectivity index (χ1n) is 8.12. The van der Waals surface area contributed by atoms with Crippen LogP contribution in [0.4, 0.5) is 5.69 Å². The molecule has 1 saturated heterocycles. The molecule has 6 heteroatoms. The largest absolute Gasteiger partial charge is 0.349 e. The number of nitrogens with zero attached hydrogens (tertiary/aromatic N) is 1.